The van der Waals surface area contributed by atoms with Crippen molar-refractivity contribution in [3.63, 3.8) is 0 Å². The summed E-state index contributed by atoms with van der Waals surface area (Å²) in [5.74, 6) is -0.644. The average molecular weight is 320 g/mol. The number of amides is 2. The lowest BCUT2D eigenvalue weighted by atomic mass is 10.1. The minimum absolute atomic E-state index is 0.0850. The summed E-state index contributed by atoms with van der Waals surface area (Å²) in [4.78, 5) is 26.7. The predicted octanol–water partition coefficient (Wildman–Crippen LogP) is 1.11. The number of nitrogens with zero attached hydrogens (tertiary/aromatic N) is 2. The highest BCUT2D eigenvalue weighted by molar-refractivity contribution is 5.86. The third-order valence-corrected chi connectivity index (χ3v) is 3.25. The number of nitrogens with two attached hydrogens (primary N) is 1. The van der Waals surface area contributed by atoms with E-state index < -0.39 is 11.9 Å². The minimum atomic E-state index is -0.733. The van der Waals surface area contributed by atoms with Crippen molar-refractivity contribution in [2.24, 2.45) is 5.73 Å². The number of aryl methyl sites for hydroxylation is 2. The highest BCUT2D eigenvalue weighted by Gasteiger charge is 2.14. The quantitative estimate of drug-likeness (QED) is 0.828. The first-order chi connectivity index (χ1) is 10.9. The third kappa shape index (κ3) is 4.35. The number of nitrogens with one attached hydrogen (secondary N) is 1. The number of primary amides is 1. The molecule has 0 bridgehead atoms. The van der Waals surface area contributed by atoms with Crippen LogP contribution in [-0.4, -0.2) is 28.0 Å². The molecule has 0 fully saturated rings. The van der Waals surface area contributed by atoms with Crippen LogP contribution < -0.4 is 11.1 Å². The highest BCUT2D eigenvalue weighted by Crippen LogP contribution is 2.19. The maximum atomic E-state index is 13.2. The summed E-state index contributed by atoms with van der Waals surface area (Å²) < 4.78 is 18.3. The Bertz CT molecular complexity index is 729. The van der Waals surface area contributed by atoms with E-state index in [1.165, 1.54) is 13.0 Å². The average Bonchev–Trinajstić information content (AvgIpc) is 2.96. The molecule has 0 saturated carbocycles. The van der Waals surface area contributed by atoms with E-state index >= 15 is 0 Å². The molecule has 2 amide bonds. The van der Waals surface area contributed by atoms with Gasteiger partial charge in [-0.1, -0.05) is 5.16 Å². The zero-order chi connectivity index (χ0) is 17.0. The molecule has 3 N–H and O–H groups in total. The van der Waals surface area contributed by atoms with Gasteiger partial charge in [-0.05, 0) is 37.6 Å². The van der Waals surface area contributed by atoms with E-state index in [1.54, 1.807) is 19.1 Å². The Kier molecular flexibility index (Phi) is 5.05. The van der Waals surface area contributed by atoms with Gasteiger partial charge in [-0.2, -0.15) is 4.98 Å². The fourth-order valence-corrected chi connectivity index (χ4v) is 1.86. The number of carbonyl (C=O) groups is 2. The smallest absolute Gasteiger partial charge is 0.239 e. The Hall–Kier alpha value is -2.77. The molecule has 2 aromatic rings. The molecular formula is C15H17FN4O3. The van der Waals surface area contributed by atoms with E-state index in [1.807, 2.05) is 0 Å². The van der Waals surface area contributed by atoms with Gasteiger partial charge >= 0.3 is 0 Å². The highest BCUT2D eigenvalue weighted by atomic mass is 19.1. The number of hydrogen-bond donors (Lipinski definition) is 2. The van der Waals surface area contributed by atoms with E-state index in [0.29, 0.717) is 17.0 Å². The normalized spacial score (nSPS) is 12.0. The van der Waals surface area contributed by atoms with E-state index in [9.17, 15) is 14.0 Å². The Morgan fingerprint density at radius 1 is 1.43 bits per heavy atom. The molecule has 1 aromatic carbocycles. The zero-order valence-electron chi connectivity index (χ0n) is 12.8. The zero-order valence-corrected chi connectivity index (χ0v) is 12.8. The molecule has 0 aliphatic heterocycles. The van der Waals surface area contributed by atoms with Crippen LogP contribution in [0.1, 0.15) is 24.8 Å². The van der Waals surface area contributed by atoms with Crippen molar-refractivity contribution in [3.8, 4) is 11.4 Å². The molecule has 23 heavy (non-hydrogen) atoms. The van der Waals surface area contributed by atoms with Crippen molar-refractivity contribution in [1.82, 2.24) is 15.5 Å². The van der Waals surface area contributed by atoms with Crippen molar-refractivity contribution < 1.29 is 18.5 Å². The molecule has 0 saturated heterocycles. The molecule has 0 aliphatic rings. The minimum Gasteiger partial charge on any atom is -0.368 e. The lowest BCUT2D eigenvalue weighted by Gasteiger charge is -2.08. The second-order valence-electron chi connectivity index (χ2n) is 5.17. The van der Waals surface area contributed by atoms with Crippen molar-refractivity contribution in [3.05, 3.63) is 35.5 Å². The molecule has 122 valence electrons. The topological polar surface area (TPSA) is 111 Å². The molecule has 0 aliphatic carbocycles. The summed E-state index contributed by atoms with van der Waals surface area (Å²) in [6, 6.07) is 3.77. The van der Waals surface area contributed by atoms with Gasteiger partial charge in [-0.3, -0.25) is 9.59 Å². The summed E-state index contributed by atoms with van der Waals surface area (Å²) in [5, 5.41) is 6.27. The molecular weight excluding hydrogens is 303 g/mol. The fourth-order valence-electron chi connectivity index (χ4n) is 1.86. The van der Waals surface area contributed by atoms with Gasteiger partial charge in [-0.15, -0.1) is 0 Å². The summed E-state index contributed by atoms with van der Waals surface area (Å²) in [6.07, 6.45) is 0.312. The lowest BCUT2D eigenvalue weighted by Crippen LogP contribution is -2.42. The lowest BCUT2D eigenvalue weighted by molar-refractivity contribution is -0.127. The molecule has 1 atom stereocenters. The van der Waals surface area contributed by atoms with Crippen LogP contribution in [0.25, 0.3) is 11.4 Å². The van der Waals surface area contributed by atoms with Gasteiger partial charge < -0.3 is 15.6 Å². The van der Waals surface area contributed by atoms with Crippen LogP contribution in [0.4, 0.5) is 4.39 Å². The summed E-state index contributed by atoms with van der Waals surface area (Å²) in [7, 11) is 0. The molecule has 1 aromatic heterocycles. The number of halogens is 1. The van der Waals surface area contributed by atoms with Crippen LogP contribution in [0, 0.1) is 12.7 Å². The van der Waals surface area contributed by atoms with Gasteiger partial charge in [0.2, 0.25) is 23.5 Å². The van der Waals surface area contributed by atoms with Gasteiger partial charge in [0.1, 0.15) is 11.9 Å². The van der Waals surface area contributed by atoms with Crippen LogP contribution in [0.3, 0.4) is 0 Å². The van der Waals surface area contributed by atoms with E-state index in [-0.39, 0.29) is 30.5 Å². The van der Waals surface area contributed by atoms with Crippen LogP contribution in [0.2, 0.25) is 0 Å². The Morgan fingerprint density at radius 3 is 2.83 bits per heavy atom. The fraction of sp³-hybridized carbons (Fsp3) is 0.333. The van der Waals surface area contributed by atoms with Crippen molar-refractivity contribution in [2.45, 2.75) is 32.7 Å². The second kappa shape index (κ2) is 6.99. The van der Waals surface area contributed by atoms with E-state index in [4.69, 9.17) is 10.3 Å². The van der Waals surface area contributed by atoms with Crippen LogP contribution in [0.5, 0.6) is 0 Å². The summed E-state index contributed by atoms with van der Waals surface area (Å²) >= 11 is 0. The Balaban J connectivity index is 1.96. The first-order valence-electron chi connectivity index (χ1n) is 7.04. The molecule has 7 nitrogen and oxygen atoms in total. The first kappa shape index (κ1) is 16.6. The maximum absolute atomic E-state index is 13.2. The maximum Gasteiger partial charge on any atom is 0.239 e. The van der Waals surface area contributed by atoms with Gasteiger partial charge in [0.25, 0.3) is 0 Å². The van der Waals surface area contributed by atoms with Crippen molar-refractivity contribution in [2.75, 3.05) is 0 Å². The molecule has 0 radical (unpaired) electrons. The molecule has 0 spiro atoms. The van der Waals surface area contributed by atoms with Crippen LogP contribution >= 0.6 is 0 Å². The molecule has 8 heteroatoms. The Morgan fingerprint density at radius 2 is 2.17 bits per heavy atom. The van der Waals surface area contributed by atoms with Crippen LogP contribution in [-0.2, 0) is 16.0 Å². The number of carbonyl (C=O) groups excluding carboxylic acids is 2. The third-order valence-electron chi connectivity index (χ3n) is 3.25. The number of hydrogen-bond acceptors (Lipinski definition) is 5. The van der Waals surface area contributed by atoms with Crippen molar-refractivity contribution in [1.29, 1.82) is 0 Å². The van der Waals surface area contributed by atoms with Crippen LogP contribution in [0.15, 0.2) is 22.7 Å². The molecule has 0 unspecified atom stereocenters. The summed E-state index contributed by atoms with van der Waals surface area (Å²) in [5.41, 5.74) is 6.17. The first-order valence-corrected chi connectivity index (χ1v) is 7.04. The summed E-state index contributed by atoms with van der Waals surface area (Å²) in [6.45, 7) is 3.14. The Labute approximate surface area is 132 Å². The van der Waals surface area contributed by atoms with E-state index in [2.05, 4.69) is 15.5 Å². The van der Waals surface area contributed by atoms with Gasteiger partial charge in [0, 0.05) is 18.4 Å². The van der Waals surface area contributed by atoms with E-state index in [0.717, 1.165) is 0 Å². The number of rotatable bonds is 6. The molecule has 2 rings (SSSR count). The standard InChI is InChI=1S/C15H17FN4O3/c1-8-7-10(3-4-11(8)16)15-19-13(23-20-15)6-5-12(21)18-9(2)14(17)22/h3-4,7,9H,5-6H2,1-2H3,(H2,17,22)(H,18,21)/t9-/m0/s1. The largest absolute Gasteiger partial charge is 0.368 e. The second-order valence-corrected chi connectivity index (χ2v) is 5.17. The number of benzene rings is 1. The van der Waals surface area contributed by atoms with Crippen molar-refractivity contribution >= 4 is 11.8 Å². The monoisotopic (exact) mass is 320 g/mol. The number of aromatic nitrogens is 2. The SMILES string of the molecule is Cc1cc(-c2noc(CCC(=O)N[C@@H](C)C(N)=O)n2)ccc1F. The van der Waals surface area contributed by atoms with Gasteiger partial charge in [0.05, 0.1) is 0 Å². The van der Waals surface area contributed by atoms with Gasteiger partial charge in [-0.25, -0.2) is 4.39 Å². The molecule has 1 heterocycles. The van der Waals surface area contributed by atoms with Gasteiger partial charge in [0.15, 0.2) is 0 Å². The predicted molar refractivity (Wildman–Crippen MR) is 79.5 cm³/mol.